The number of alkyl carbamates (subject to hydrolysis) is 1. The summed E-state index contributed by atoms with van der Waals surface area (Å²) in [5.41, 5.74) is 4.56. The quantitative estimate of drug-likeness (QED) is 0.550. The van der Waals surface area contributed by atoms with Crippen LogP contribution in [0, 0.1) is 5.92 Å². The van der Waals surface area contributed by atoms with Crippen molar-refractivity contribution < 1.29 is 29.0 Å². The topological polar surface area (TPSA) is 114 Å². The van der Waals surface area contributed by atoms with Gasteiger partial charge in [0.15, 0.2) is 6.10 Å². The number of carboxylic acids is 1. The highest BCUT2D eigenvalue weighted by molar-refractivity contribution is 5.81. The standard InChI is InChI=1S/C26H30N2O6/c1-15(2)22(13-23(29)27-21-11-12-33-24(21)25(30)31)28-26(32)34-14-20-18-9-5-3-7-16(18)17-8-4-6-10-19(17)20/h3-10,15,20-22,24H,11-14H2,1-2H3,(H,27,29)(H,28,32)(H,30,31)/t21?,22-,24?/m0/s1. The Bertz CT molecular complexity index is 1020. The number of fused-ring (bicyclic) bond motifs is 3. The Balaban J connectivity index is 1.34. The van der Waals surface area contributed by atoms with E-state index in [0.717, 1.165) is 22.3 Å². The SMILES string of the molecule is CC(C)[C@H](CC(=O)NC1CCOC1C(=O)O)NC(=O)OCC1c2ccccc2-c2ccccc21. The van der Waals surface area contributed by atoms with E-state index in [9.17, 15) is 19.5 Å². The minimum Gasteiger partial charge on any atom is -0.479 e. The lowest BCUT2D eigenvalue weighted by molar-refractivity contribution is -0.148. The van der Waals surface area contributed by atoms with E-state index in [2.05, 4.69) is 34.9 Å². The van der Waals surface area contributed by atoms with Crippen LogP contribution >= 0.6 is 0 Å². The molecule has 1 saturated heterocycles. The van der Waals surface area contributed by atoms with E-state index in [4.69, 9.17) is 9.47 Å². The lowest BCUT2D eigenvalue weighted by Crippen LogP contribution is -2.47. The zero-order valence-corrected chi connectivity index (χ0v) is 19.3. The highest BCUT2D eigenvalue weighted by atomic mass is 16.5. The number of carboxylic acid groups (broad SMARTS) is 1. The molecule has 2 amide bonds. The summed E-state index contributed by atoms with van der Waals surface area (Å²) in [5, 5.41) is 14.7. The molecule has 2 aromatic rings. The summed E-state index contributed by atoms with van der Waals surface area (Å²) in [4.78, 5) is 36.5. The summed E-state index contributed by atoms with van der Waals surface area (Å²) >= 11 is 0. The third-order valence-corrected chi connectivity index (χ3v) is 6.54. The molecular weight excluding hydrogens is 436 g/mol. The minimum atomic E-state index is -1.10. The van der Waals surface area contributed by atoms with E-state index in [1.165, 1.54) is 0 Å². The van der Waals surface area contributed by atoms with Crippen molar-refractivity contribution >= 4 is 18.0 Å². The predicted molar refractivity (Wildman–Crippen MR) is 125 cm³/mol. The van der Waals surface area contributed by atoms with Gasteiger partial charge in [-0.05, 0) is 34.6 Å². The third kappa shape index (κ3) is 5.07. The van der Waals surface area contributed by atoms with Crippen molar-refractivity contribution in [3.05, 3.63) is 59.7 Å². The number of hydrogen-bond donors (Lipinski definition) is 3. The molecule has 2 unspecified atom stereocenters. The Morgan fingerprint density at radius 1 is 1.06 bits per heavy atom. The van der Waals surface area contributed by atoms with Gasteiger partial charge in [-0.2, -0.15) is 0 Å². The summed E-state index contributed by atoms with van der Waals surface area (Å²) in [6.45, 7) is 4.28. The second-order valence-electron chi connectivity index (χ2n) is 9.12. The average Bonchev–Trinajstić information content (AvgIpc) is 3.40. The minimum absolute atomic E-state index is 0.0186. The Labute approximate surface area is 198 Å². The van der Waals surface area contributed by atoms with Gasteiger partial charge in [-0.25, -0.2) is 9.59 Å². The van der Waals surface area contributed by atoms with E-state index in [1.807, 2.05) is 38.1 Å². The maximum Gasteiger partial charge on any atom is 0.407 e. The first-order valence-electron chi connectivity index (χ1n) is 11.6. The van der Waals surface area contributed by atoms with E-state index in [0.29, 0.717) is 6.42 Å². The average molecular weight is 467 g/mol. The maximum atomic E-state index is 12.6. The van der Waals surface area contributed by atoms with Crippen LogP contribution in [0.4, 0.5) is 4.79 Å². The van der Waals surface area contributed by atoms with Crippen LogP contribution in [0.5, 0.6) is 0 Å². The highest BCUT2D eigenvalue weighted by Gasteiger charge is 2.36. The second kappa shape index (κ2) is 10.3. The van der Waals surface area contributed by atoms with Gasteiger partial charge in [-0.1, -0.05) is 62.4 Å². The number of aliphatic carboxylic acids is 1. The monoisotopic (exact) mass is 466 g/mol. The zero-order valence-electron chi connectivity index (χ0n) is 19.3. The van der Waals surface area contributed by atoms with E-state index in [1.54, 1.807) is 0 Å². The van der Waals surface area contributed by atoms with Gasteiger partial charge < -0.3 is 25.2 Å². The third-order valence-electron chi connectivity index (χ3n) is 6.54. The molecule has 0 saturated carbocycles. The number of nitrogens with one attached hydrogen (secondary N) is 2. The number of ether oxygens (including phenoxy) is 2. The fourth-order valence-corrected chi connectivity index (χ4v) is 4.69. The predicted octanol–water partition coefficient (Wildman–Crippen LogP) is 3.30. The van der Waals surface area contributed by atoms with Crippen LogP contribution < -0.4 is 10.6 Å². The van der Waals surface area contributed by atoms with Crippen molar-refractivity contribution in [1.29, 1.82) is 0 Å². The molecule has 180 valence electrons. The first-order chi connectivity index (χ1) is 16.3. The van der Waals surface area contributed by atoms with Crippen LogP contribution in [-0.2, 0) is 19.1 Å². The van der Waals surface area contributed by atoms with Crippen molar-refractivity contribution in [3.63, 3.8) is 0 Å². The molecule has 3 atom stereocenters. The summed E-state index contributed by atoms with van der Waals surface area (Å²) < 4.78 is 10.8. The molecule has 0 radical (unpaired) electrons. The number of carbonyl (C=O) groups excluding carboxylic acids is 2. The molecule has 8 heteroatoms. The van der Waals surface area contributed by atoms with Crippen LogP contribution in [0.1, 0.15) is 43.7 Å². The Morgan fingerprint density at radius 2 is 1.68 bits per heavy atom. The molecule has 8 nitrogen and oxygen atoms in total. The van der Waals surface area contributed by atoms with Crippen LogP contribution in [0.25, 0.3) is 11.1 Å². The van der Waals surface area contributed by atoms with Crippen LogP contribution in [0.3, 0.4) is 0 Å². The molecule has 1 aliphatic carbocycles. The molecule has 34 heavy (non-hydrogen) atoms. The molecule has 0 bridgehead atoms. The second-order valence-corrected chi connectivity index (χ2v) is 9.12. The maximum absolute atomic E-state index is 12.6. The molecule has 0 spiro atoms. The van der Waals surface area contributed by atoms with Crippen molar-refractivity contribution in [1.82, 2.24) is 10.6 Å². The number of carbonyl (C=O) groups is 3. The summed E-state index contributed by atoms with van der Waals surface area (Å²) in [5.74, 6) is -1.50. The van der Waals surface area contributed by atoms with E-state index < -0.39 is 30.3 Å². The molecule has 0 aromatic heterocycles. The van der Waals surface area contributed by atoms with Crippen molar-refractivity contribution in [2.75, 3.05) is 13.2 Å². The first kappa shape index (κ1) is 23.8. The molecule has 4 rings (SSSR count). The Kier molecular flexibility index (Phi) is 7.17. The number of amides is 2. The van der Waals surface area contributed by atoms with Crippen molar-refractivity contribution in [3.8, 4) is 11.1 Å². The van der Waals surface area contributed by atoms with Gasteiger partial charge in [0.25, 0.3) is 0 Å². The summed E-state index contributed by atoms with van der Waals surface area (Å²) in [6.07, 6.45) is -1.17. The fourth-order valence-electron chi connectivity index (χ4n) is 4.69. The summed E-state index contributed by atoms with van der Waals surface area (Å²) in [6, 6.07) is 15.2. The molecule has 3 N–H and O–H groups in total. The first-order valence-corrected chi connectivity index (χ1v) is 11.6. The molecule has 1 aliphatic heterocycles. The van der Waals surface area contributed by atoms with Gasteiger partial charge in [0.1, 0.15) is 6.61 Å². The lowest BCUT2D eigenvalue weighted by atomic mass is 9.98. The van der Waals surface area contributed by atoms with Crippen LogP contribution in [-0.4, -0.2) is 54.5 Å². The van der Waals surface area contributed by atoms with E-state index in [-0.39, 0.29) is 37.4 Å². The molecule has 2 aliphatic rings. The van der Waals surface area contributed by atoms with Crippen molar-refractivity contribution in [2.24, 2.45) is 5.92 Å². The number of benzene rings is 2. The van der Waals surface area contributed by atoms with Gasteiger partial charge in [-0.3, -0.25) is 4.79 Å². The lowest BCUT2D eigenvalue weighted by Gasteiger charge is -2.24. The molecule has 1 heterocycles. The van der Waals surface area contributed by atoms with Gasteiger partial charge in [0.2, 0.25) is 5.91 Å². The molecule has 1 fully saturated rings. The normalized spacial score (nSPS) is 19.9. The van der Waals surface area contributed by atoms with Gasteiger partial charge >= 0.3 is 12.1 Å². The van der Waals surface area contributed by atoms with Gasteiger partial charge in [-0.15, -0.1) is 0 Å². The van der Waals surface area contributed by atoms with Crippen molar-refractivity contribution in [2.45, 2.75) is 50.8 Å². The number of rotatable bonds is 8. The summed E-state index contributed by atoms with van der Waals surface area (Å²) in [7, 11) is 0. The van der Waals surface area contributed by atoms with Gasteiger partial charge in [0, 0.05) is 25.0 Å². The largest absolute Gasteiger partial charge is 0.479 e. The Morgan fingerprint density at radius 3 is 2.26 bits per heavy atom. The highest BCUT2D eigenvalue weighted by Crippen LogP contribution is 2.44. The Hall–Kier alpha value is -3.39. The fraction of sp³-hybridized carbons (Fsp3) is 0.423. The zero-order chi connectivity index (χ0) is 24.2. The van der Waals surface area contributed by atoms with Crippen LogP contribution in [0.15, 0.2) is 48.5 Å². The molecule has 2 aromatic carbocycles. The van der Waals surface area contributed by atoms with Gasteiger partial charge in [0.05, 0.1) is 6.04 Å². The van der Waals surface area contributed by atoms with E-state index >= 15 is 0 Å². The molecular formula is C26H30N2O6. The number of hydrogen-bond acceptors (Lipinski definition) is 5. The smallest absolute Gasteiger partial charge is 0.407 e. The van der Waals surface area contributed by atoms with Crippen LogP contribution in [0.2, 0.25) is 0 Å².